The molecule has 0 N–H and O–H groups in total. The third kappa shape index (κ3) is 5.10. The van der Waals surface area contributed by atoms with Gasteiger partial charge in [0.1, 0.15) is 6.61 Å². The first kappa shape index (κ1) is 19.9. The Morgan fingerprint density at radius 1 is 0.966 bits per heavy atom. The standard InChI is InChI=1S/C22H18O7/c1-2-26-18(23)13-17-19(27-14-15-9-5-3-6-10-15)20(22(25)28-17)29-21(24)16-11-7-4-8-12-16/h3-13H,2,14H2,1H3/b17-13+. The summed E-state index contributed by atoms with van der Waals surface area (Å²) in [6, 6.07) is 17.3. The van der Waals surface area contributed by atoms with Gasteiger partial charge in [0.25, 0.3) is 5.76 Å². The zero-order chi connectivity index (χ0) is 20.6. The summed E-state index contributed by atoms with van der Waals surface area (Å²) in [7, 11) is 0. The maximum Gasteiger partial charge on any atom is 0.384 e. The van der Waals surface area contributed by atoms with Crippen LogP contribution >= 0.6 is 0 Å². The molecule has 0 saturated heterocycles. The van der Waals surface area contributed by atoms with Gasteiger partial charge in [-0.15, -0.1) is 0 Å². The number of carbonyl (C=O) groups excluding carboxylic acids is 3. The van der Waals surface area contributed by atoms with Gasteiger partial charge in [-0.1, -0.05) is 48.5 Å². The maximum absolute atomic E-state index is 12.4. The monoisotopic (exact) mass is 394 g/mol. The second kappa shape index (κ2) is 9.36. The first-order valence-corrected chi connectivity index (χ1v) is 8.87. The van der Waals surface area contributed by atoms with Crippen LogP contribution in [-0.4, -0.2) is 24.5 Å². The first-order chi connectivity index (χ1) is 14.1. The van der Waals surface area contributed by atoms with E-state index >= 15 is 0 Å². The molecule has 0 aromatic heterocycles. The maximum atomic E-state index is 12.4. The van der Waals surface area contributed by atoms with Crippen LogP contribution in [0.2, 0.25) is 0 Å². The quantitative estimate of drug-likeness (QED) is 0.405. The molecule has 0 atom stereocenters. The van der Waals surface area contributed by atoms with E-state index < -0.39 is 23.7 Å². The van der Waals surface area contributed by atoms with Gasteiger partial charge in [-0.25, -0.2) is 14.4 Å². The van der Waals surface area contributed by atoms with E-state index in [4.69, 9.17) is 18.9 Å². The molecule has 0 unspecified atom stereocenters. The molecule has 29 heavy (non-hydrogen) atoms. The third-order valence-electron chi connectivity index (χ3n) is 3.78. The van der Waals surface area contributed by atoms with Gasteiger partial charge >= 0.3 is 17.9 Å². The second-order valence-corrected chi connectivity index (χ2v) is 5.84. The summed E-state index contributed by atoms with van der Waals surface area (Å²) in [5.74, 6) is -3.16. The smallest absolute Gasteiger partial charge is 0.384 e. The number of esters is 3. The highest BCUT2D eigenvalue weighted by atomic mass is 16.6. The molecule has 0 bridgehead atoms. The fourth-order valence-corrected chi connectivity index (χ4v) is 2.46. The van der Waals surface area contributed by atoms with E-state index in [2.05, 4.69) is 0 Å². The number of carbonyl (C=O) groups is 3. The van der Waals surface area contributed by atoms with Gasteiger partial charge < -0.3 is 18.9 Å². The lowest BCUT2D eigenvalue weighted by atomic mass is 10.2. The van der Waals surface area contributed by atoms with Crippen LogP contribution in [0.1, 0.15) is 22.8 Å². The second-order valence-electron chi connectivity index (χ2n) is 5.84. The molecule has 0 fully saturated rings. The van der Waals surface area contributed by atoms with Crippen LogP contribution in [0.15, 0.2) is 84.0 Å². The van der Waals surface area contributed by atoms with E-state index in [0.29, 0.717) is 0 Å². The van der Waals surface area contributed by atoms with Crippen molar-refractivity contribution in [2.45, 2.75) is 13.5 Å². The molecule has 0 amide bonds. The highest BCUT2D eigenvalue weighted by Crippen LogP contribution is 2.30. The normalized spacial score (nSPS) is 14.5. The van der Waals surface area contributed by atoms with Gasteiger partial charge in [0.15, 0.2) is 5.76 Å². The van der Waals surface area contributed by atoms with Crippen molar-refractivity contribution < 1.29 is 33.3 Å². The van der Waals surface area contributed by atoms with Crippen molar-refractivity contribution in [3.8, 4) is 0 Å². The molecule has 0 radical (unpaired) electrons. The van der Waals surface area contributed by atoms with E-state index in [1.165, 1.54) is 0 Å². The Balaban J connectivity index is 1.89. The summed E-state index contributed by atoms with van der Waals surface area (Å²) < 4.78 is 20.8. The zero-order valence-electron chi connectivity index (χ0n) is 15.6. The number of hydrogen-bond donors (Lipinski definition) is 0. The largest absolute Gasteiger partial charge is 0.481 e. The number of benzene rings is 2. The van der Waals surface area contributed by atoms with E-state index in [9.17, 15) is 14.4 Å². The molecule has 0 spiro atoms. The van der Waals surface area contributed by atoms with Crippen molar-refractivity contribution in [2.75, 3.05) is 6.61 Å². The molecule has 1 aliphatic heterocycles. The predicted octanol–water partition coefficient (Wildman–Crippen LogP) is 3.28. The van der Waals surface area contributed by atoms with E-state index in [0.717, 1.165) is 11.6 Å². The van der Waals surface area contributed by atoms with Gasteiger partial charge in [-0.3, -0.25) is 0 Å². The van der Waals surface area contributed by atoms with Crippen LogP contribution in [0, 0.1) is 0 Å². The van der Waals surface area contributed by atoms with Crippen LogP contribution < -0.4 is 0 Å². The van der Waals surface area contributed by atoms with Gasteiger partial charge in [-0.2, -0.15) is 0 Å². The van der Waals surface area contributed by atoms with Gasteiger partial charge in [0.05, 0.1) is 18.2 Å². The summed E-state index contributed by atoms with van der Waals surface area (Å²) in [5.41, 5.74) is 1.06. The lowest BCUT2D eigenvalue weighted by Crippen LogP contribution is -2.11. The Morgan fingerprint density at radius 3 is 2.28 bits per heavy atom. The molecule has 0 saturated carbocycles. The molecular weight excluding hydrogens is 376 g/mol. The fourth-order valence-electron chi connectivity index (χ4n) is 2.46. The van der Waals surface area contributed by atoms with Crippen molar-refractivity contribution in [1.29, 1.82) is 0 Å². The van der Waals surface area contributed by atoms with Crippen LogP contribution in [-0.2, 0) is 35.1 Å². The van der Waals surface area contributed by atoms with E-state index in [-0.39, 0.29) is 30.3 Å². The Kier molecular flexibility index (Phi) is 6.42. The minimum absolute atomic E-state index is 0.0688. The molecule has 0 aliphatic carbocycles. The minimum atomic E-state index is -0.937. The average Bonchev–Trinajstić information content (AvgIpc) is 3.02. The number of hydrogen-bond acceptors (Lipinski definition) is 7. The fraction of sp³-hybridized carbons (Fsp3) is 0.136. The molecule has 2 aromatic rings. The zero-order valence-corrected chi connectivity index (χ0v) is 15.6. The Labute approximate surface area is 167 Å². The number of ether oxygens (including phenoxy) is 4. The molecule has 148 valence electrons. The summed E-state index contributed by atoms with van der Waals surface area (Å²) in [5, 5.41) is 0. The van der Waals surface area contributed by atoms with Crippen molar-refractivity contribution in [3.05, 3.63) is 95.1 Å². The van der Waals surface area contributed by atoms with Crippen LogP contribution in [0.5, 0.6) is 0 Å². The molecule has 3 rings (SSSR count). The van der Waals surface area contributed by atoms with Gasteiger partial charge in [-0.05, 0) is 24.6 Å². The molecule has 7 nitrogen and oxygen atoms in total. The summed E-state index contributed by atoms with van der Waals surface area (Å²) in [4.78, 5) is 36.4. The molecule has 7 heteroatoms. The van der Waals surface area contributed by atoms with Crippen LogP contribution in [0.25, 0.3) is 0 Å². The Bertz CT molecular complexity index is 959. The summed E-state index contributed by atoms with van der Waals surface area (Å²) in [6.45, 7) is 1.86. The van der Waals surface area contributed by atoms with Gasteiger partial charge in [0, 0.05) is 0 Å². The van der Waals surface area contributed by atoms with Gasteiger partial charge in [0.2, 0.25) is 5.76 Å². The lowest BCUT2D eigenvalue weighted by Gasteiger charge is -2.09. The van der Waals surface area contributed by atoms with E-state index in [1.54, 1.807) is 37.3 Å². The number of rotatable bonds is 7. The SMILES string of the molecule is CCOC(=O)/C=C1/OC(=O)C(OC(=O)c2ccccc2)=C1OCc1ccccc1. The highest BCUT2D eigenvalue weighted by Gasteiger charge is 2.36. The average molecular weight is 394 g/mol. The number of cyclic esters (lactones) is 1. The molecule has 2 aromatic carbocycles. The van der Waals surface area contributed by atoms with Crippen LogP contribution in [0.4, 0.5) is 0 Å². The van der Waals surface area contributed by atoms with E-state index in [1.807, 2.05) is 30.3 Å². The van der Waals surface area contributed by atoms with Crippen molar-refractivity contribution in [1.82, 2.24) is 0 Å². The molecule has 1 aliphatic rings. The predicted molar refractivity (Wildman–Crippen MR) is 101 cm³/mol. The van der Waals surface area contributed by atoms with Crippen molar-refractivity contribution in [3.63, 3.8) is 0 Å². The summed E-state index contributed by atoms with van der Waals surface area (Å²) in [6.07, 6.45) is 0.977. The Hall–Kier alpha value is -3.87. The first-order valence-electron chi connectivity index (χ1n) is 8.87. The lowest BCUT2D eigenvalue weighted by molar-refractivity contribution is -0.138. The molecule has 1 heterocycles. The topological polar surface area (TPSA) is 88.1 Å². The Morgan fingerprint density at radius 2 is 1.62 bits per heavy atom. The highest BCUT2D eigenvalue weighted by molar-refractivity contribution is 5.99. The third-order valence-corrected chi connectivity index (χ3v) is 3.78. The minimum Gasteiger partial charge on any atom is -0.481 e. The van der Waals surface area contributed by atoms with Crippen molar-refractivity contribution >= 4 is 17.9 Å². The molecular formula is C22H18O7. The summed E-state index contributed by atoms with van der Waals surface area (Å²) >= 11 is 0. The van der Waals surface area contributed by atoms with Crippen molar-refractivity contribution in [2.24, 2.45) is 0 Å². The van der Waals surface area contributed by atoms with Crippen LogP contribution in [0.3, 0.4) is 0 Å².